The first-order valence-electron chi connectivity index (χ1n) is 9.92. The minimum atomic E-state index is -0.259. The van der Waals surface area contributed by atoms with E-state index in [9.17, 15) is 9.59 Å². The summed E-state index contributed by atoms with van der Waals surface area (Å²) < 4.78 is 5.41. The van der Waals surface area contributed by atoms with Gasteiger partial charge in [0, 0.05) is 5.69 Å². The molecule has 1 aliphatic rings. The second-order valence-electron chi connectivity index (χ2n) is 6.99. The van der Waals surface area contributed by atoms with Gasteiger partial charge in [0.15, 0.2) is 6.54 Å². The van der Waals surface area contributed by atoms with E-state index in [1.54, 1.807) is 30.3 Å². The molecule has 3 N–H and O–H groups in total. The number of anilines is 2. The lowest BCUT2D eigenvalue weighted by atomic mass is 10.1. The molecule has 1 aliphatic heterocycles. The van der Waals surface area contributed by atoms with Crippen molar-refractivity contribution < 1.29 is 19.2 Å². The number of benzene rings is 2. The van der Waals surface area contributed by atoms with Gasteiger partial charge in [-0.1, -0.05) is 12.1 Å². The third kappa shape index (κ3) is 5.57. The monoisotopic (exact) mass is 382 g/mol. The predicted molar refractivity (Wildman–Crippen MR) is 110 cm³/mol. The Labute approximate surface area is 165 Å². The van der Waals surface area contributed by atoms with E-state index in [-0.39, 0.29) is 11.8 Å². The van der Waals surface area contributed by atoms with Crippen molar-refractivity contribution in [3.63, 3.8) is 0 Å². The van der Waals surface area contributed by atoms with Crippen LogP contribution in [0.4, 0.5) is 11.4 Å². The highest BCUT2D eigenvalue weighted by atomic mass is 16.5. The molecule has 2 amide bonds. The first kappa shape index (κ1) is 19.9. The van der Waals surface area contributed by atoms with Crippen LogP contribution in [-0.2, 0) is 4.79 Å². The Bertz CT molecular complexity index is 799. The number of amides is 2. The van der Waals surface area contributed by atoms with Gasteiger partial charge < -0.3 is 20.3 Å². The Balaban J connectivity index is 1.63. The zero-order valence-corrected chi connectivity index (χ0v) is 16.3. The quantitative estimate of drug-likeness (QED) is 0.688. The number of piperidine rings is 1. The van der Waals surface area contributed by atoms with Crippen molar-refractivity contribution in [1.29, 1.82) is 0 Å². The summed E-state index contributed by atoms with van der Waals surface area (Å²) in [6, 6.07) is 14.3. The highest BCUT2D eigenvalue weighted by molar-refractivity contribution is 6.10. The lowest BCUT2D eigenvalue weighted by Gasteiger charge is -2.23. The molecule has 0 bridgehead atoms. The number of carbonyl (C=O) groups excluding carboxylic acids is 2. The van der Waals surface area contributed by atoms with Crippen molar-refractivity contribution in [3.05, 3.63) is 54.1 Å². The molecule has 2 aromatic rings. The summed E-state index contributed by atoms with van der Waals surface area (Å²) >= 11 is 0. The molecule has 1 heterocycles. The van der Waals surface area contributed by atoms with Crippen LogP contribution in [0.5, 0.6) is 5.75 Å². The third-order valence-electron chi connectivity index (χ3n) is 4.84. The smallest absolute Gasteiger partial charge is 0.279 e. The van der Waals surface area contributed by atoms with Crippen LogP contribution in [0, 0.1) is 0 Å². The largest absolute Gasteiger partial charge is 0.494 e. The minimum absolute atomic E-state index is 0.0572. The summed E-state index contributed by atoms with van der Waals surface area (Å²) in [6.45, 7) is 5.03. The summed E-state index contributed by atoms with van der Waals surface area (Å²) in [6.07, 6.45) is 3.59. The lowest BCUT2D eigenvalue weighted by molar-refractivity contribution is -0.896. The van der Waals surface area contributed by atoms with Gasteiger partial charge in [0.25, 0.3) is 11.8 Å². The maximum absolute atomic E-state index is 12.7. The van der Waals surface area contributed by atoms with Crippen molar-refractivity contribution >= 4 is 23.2 Å². The van der Waals surface area contributed by atoms with E-state index in [0.29, 0.717) is 30.1 Å². The van der Waals surface area contributed by atoms with Crippen LogP contribution in [0.2, 0.25) is 0 Å². The summed E-state index contributed by atoms with van der Waals surface area (Å²) in [4.78, 5) is 26.5. The number of likely N-dealkylation sites (tertiary alicyclic amines) is 1. The minimum Gasteiger partial charge on any atom is -0.494 e. The van der Waals surface area contributed by atoms with Crippen molar-refractivity contribution in [2.75, 3.05) is 36.9 Å². The highest BCUT2D eigenvalue weighted by Crippen LogP contribution is 2.19. The van der Waals surface area contributed by atoms with E-state index in [4.69, 9.17) is 4.74 Å². The Morgan fingerprint density at radius 2 is 1.68 bits per heavy atom. The average Bonchev–Trinajstić information content (AvgIpc) is 2.71. The van der Waals surface area contributed by atoms with E-state index in [1.165, 1.54) is 24.2 Å². The van der Waals surface area contributed by atoms with Gasteiger partial charge in [-0.15, -0.1) is 0 Å². The summed E-state index contributed by atoms with van der Waals surface area (Å²) in [5.74, 6) is 0.442. The molecule has 0 spiro atoms. The molecule has 148 valence electrons. The van der Waals surface area contributed by atoms with Crippen molar-refractivity contribution in [1.82, 2.24) is 0 Å². The molecule has 0 atom stereocenters. The molecule has 1 saturated heterocycles. The third-order valence-corrected chi connectivity index (χ3v) is 4.84. The molecule has 0 aromatic heterocycles. The van der Waals surface area contributed by atoms with Crippen LogP contribution in [0.25, 0.3) is 0 Å². The maximum Gasteiger partial charge on any atom is 0.279 e. The molecular weight excluding hydrogens is 354 g/mol. The Morgan fingerprint density at radius 3 is 2.39 bits per heavy atom. The molecule has 0 radical (unpaired) electrons. The van der Waals surface area contributed by atoms with Crippen LogP contribution in [0.1, 0.15) is 36.5 Å². The highest BCUT2D eigenvalue weighted by Gasteiger charge is 2.19. The van der Waals surface area contributed by atoms with Gasteiger partial charge in [0.2, 0.25) is 0 Å². The van der Waals surface area contributed by atoms with Gasteiger partial charge in [-0.2, -0.15) is 0 Å². The number of para-hydroxylation sites is 1. The van der Waals surface area contributed by atoms with Gasteiger partial charge in [-0.25, -0.2) is 0 Å². The van der Waals surface area contributed by atoms with Gasteiger partial charge >= 0.3 is 0 Å². The second-order valence-corrected chi connectivity index (χ2v) is 6.99. The number of carbonyl (C=O) groups is 2. The fourth-order valence-electron chi connectivity index (χ4n) is 3.44. The first-order valence-corrected chi connectivity index (χ1v) is 9.92. The van der Waals surface area contributed by atoms with Crippen LogP contribution in [0.3, 0.4) is 0 Å². The van der Waals surface area contributed by atoms with Crippen LogP contribution < -0.4 is 20.3 Å². The van der Waals surface area contributed by atoms with Crippen molar-refractivity contribution in [3.8, 4) is 5.75 Å². The topological polar surface area (TPSA) is 71.9 Å². The summed E-state index contributed by atoms with van der Waals surface area (Å²) in [7, 11) is 0. The zero-order chi connectivity index (χ0) is 19.8. The predicted octanol–water partition coefficient (Wildman–Crippen LogP) is 2.34. The molecular formula is C22H28N3O3+. The van der Waals surface area contributed by atoms with E-state index >= 15 is 0 Å². The van der Waals surface area contributed by atoms with Crippen LogP contribution >= 0.6 is 0 Å². The molecule has 0 unspecified atom stereocenters. The van der Waals surface area contributed by atoms with Gasteiger partial charge in [0.05, 0.1) is 30.9 Å². The Hall–Kier alpha value is -2.86. The number of hydrogen-bond donors (Lipinski definition) is 3. The summed E-state index contributed by atoms with van der Waals surface area (Å²) in [5.41, 5.74) is 1.65. The van der Waals surface area contributed by atoms with E-state index in [0.717, 1.165) is 18.8 Å². The van der Waals surface area contributed by atoms with Crippen LogP contribution in [-0.4, -0.2) is 38.1 Å². The Morgan fingerprint density at radius 1 is 0.964 bits per heavy atom. The number of nitrogens with one attached hydrogen (secondary N) is 3. The number of hydrogen-bond acceptors (Lipinski definition) is 3. The fraction of sp³-hybridized carbons (Fsp3) is 0.364. The molecule has 2 aromatic carbocycles. The standard InChI is InChI=1S/C22H27N3O3/c1-2-28-18-12-10-17(11-13-18)23-22(27)19-8-4-5-9-20(19)24-21(26)16-25-14-6-3-7-15-25/h4-5,8-13H,2-3,6-7,14-16H2,1H3,(H,23,27)(H,24,26)/p+1. The molecule has 28 heavy (non-hydrogen) atoms. The number of ether oxygens (including phenoxy) is 1. The van der Waals surface area contributed by atoms with Gasteiger partial charge in [0.1, 0.15) is 5.75 Å². The van der Waals surface area contributed by atoms with Crippen molar-refractivity contribution in [2.24, 2.45) is 0 Å². The van der Waals surface area contributed by atoms with Crippen molar-refractivity contribution in [2.45, 2.75) is 26.2 Å². The van der Waals surface area contributed by atoms with E-state index < -0.39 is 0 Å². The van der Waals surface area contributed by atoms with Crippen LogP contribution in [0.15, 0.2) is 48.5 Å². The molecule has 0 saturated carbocycles. The molecule has 6 nitrogen and oxygen atoms in total. The maximum atomic E-state index is 12.7. The first-order chi connectivity index (χ1) is 13.7. The fourth-order valence-corrected chi connectivity index (χ4v) is 3.44. The number of quaternary nitrogens is 1. The normalized spacial score (nSPS) is 14.3. The molecule has 1 fully saturated rings. The Kier molecular flexibility index (Phi) is 7.03. The summed E-state index contributed by atoms with van der Waals surface area (Å²) in [5, 5.41) is 5.78. The molecule has 3 rings (SSSR count). The number of rotatable bonds is 7. The van der Waals surface area contributed by atoms with E-state index in [2.05, 4.69) is 10.6 Å². The SMILES string of the molecule is CCOc1ccc(NC(=O)c2ccccc2NC(=O)C[NH+]2CCCCC2)cc1. The second kappa shape index (κ2) is 9.90. The van der Waals surface area contributed by atoms with Gasteiger partial charge in [-0.05, 0) is 62.6 Å². The average molecular weight is 382 g/mol. The lowest BCUT2D eigenvalue weighted by Crippen LogP contribution is -3.13. The molecule has 0 aliphatic carbocycles. The molecule has 6 heteroatoms. The van der Waals surface area contributed by atoms with Gasteiger partial charge in [-0.3, -0.25) is 9.59 Å². The zero-order valence-electron chi connectivity index (χ0n) is 16.3. The van der Waals surface area contributed by atoms with E-state index in [1.807, 2.05) is 25.1 Å².